The monoisotopic (exact) mass is 297 g/mol. The van der Waals surface area contributed by atoms with Gasteiger partial charge >= 0.3 is 0 Å². The summed E-state index contributed by atoms with van der Waals surface area (Å²) in [4.78, 5) is 10.4. The summed E-state index contributed by atoms with van der Waals surface area (Å²) in [5, 5.41) is 10.5. The molecule has 1 saturated heterocycles. The van der Waals surface area contributed by atoms with Gasteiger partial charge in [-0.05, 0) is 43.4 Å². The molecule has 1 aromatic carbocycles. The lowest BCUT2D eigenvalue weighted by Gasteiger charge is -2.36. The first kappa shape index (κ1) is 15.1. The zero-order chi connectivity index (χ0) is 15.4. The topological polar surface area (TPSA) is 49.2 Å². The fourth-order valence-electron chi connectivity index (χ4n) is 3.22. The molecule has 0 saturated carbocycles. The molecule has 0 unspecified atom stereocenters. The van der Waals surface area contributed by atoms with Gasteiger partial charge in [0, 0.05) is 31.0 Å². The van der Waals surface area contributed by atoms with E-state index in [1.54, 1.807) is 6.33 Å². The Labute approximate surface area is 131 Å². The van der Waals surface area contributed by atoms with Crippen LogP contribution in [-0.2, 0) is 13.0 Å². The van der Waals surface area contributed by atoms with E-state index in [2.05, 4.69) is 46.1 Å². The van der Waals surface area contributed by atoms with Gasteiger partial charge in [0.15, 0.2) is 0 Å². The highest BCUT2D eigenvalue weighted by molar-refractivity contribution is 5.26. The summed E-state index contributed by atoms with van der Waals surface area (Å²) in [6, 6.07) is 8.47. The van der Waals surface area contributed by atoms with Crippen LogP contribution in [0.5, 0.6) is 0 Å². The maximum Gasteiger partial charge on any atom is 0.115 e. The Bertz CT molecular complexity index is 602. The molecule has 1 fully saturated rings. The molecule has 4 nitrogen and oxygen atoms in total. The first-order chi connectivity index (χ1) is 10.7. The Balaban J connectivity index is 1.57. The van der Waals surface area contributed by atoms with Crippen molar-refractivity contribution in [1.82, 2.24) is 14.9 Å². The summed E-state index contributed by atoms with van der Waals surface area (Å²) in [6.45, 7) is 4.70. The molecule has 1 aromatic heterocycles. The third-order valence-corrected chi connectivity index (χ3v) is 4.57. The maximum absolute atomic E-state index is 10.5. The highest BCUT2D eigenvalue weighted by Crippen LogP contribution is 2.24. The lowest BCUT2D eigenvalue weighted by atomic mass is 9.86. The number of aryl methyl sites for hydroxylation is 1. The Morgan fingerprint density at radius 3 is 2.73 bits per heavy atom. The van der Waals surface area contributed by atoms with Crippen molar-refractivity contribution in [1.29, 1.82) is 0 Å². The highest BCUT2D eigenvalue weighted by atomic mass is 16.3. The summed E-state index contributed by atoms with van der Waals surface area (Å²) in [5.41, 5.74) is 3.78. The number of likely N-dealkylation sites (tertiary alicyclic amines) is 1. The van der Waals surface area contributed by atoms with Gasteiger partial charge in [0.1, 0.15) is 6.33 Å². The molecular formula is C18H23N3O. The minimum Gasteiger partial charge on any atom is -0.391 e. The zero-order valence-electron chi connectivity index (χ0n) is 13.0. The van der Waals surface area contributed by atoms with Gasteiger partial charge in [-0.2, -0.15) is 0 Å². The number of rotatable bonds is 4. The zero-order valence-corrected chi connectivity index (χ0v) is 13.0. The molecule has 0 amide bonds. The maximum atomic E-state index is 10.5. The van der Waals surface area contributed by atoms with Gasteiger partial charge in [-0.25, -0.2) is 9.97 Å². The molecule has 1 N–H and O–H groups in total. The third kappa shape index (κ3) is 3.70. The van der Waals surface area contributed by atoms with Gasteiger partial charge in [-0.15, -0.1) is 0 Å². The van der Waals surface area contributed by atoms with Gasteiger partial charge in [-0.1, -0.05) is 24.3 Å². The molecule has 0 radical (unpaired) electrons. The van der Waals surface area contributed by atoms with Gasteiger partial charge in [-0.3, -0.25) is 4.90 Å². The van der Waals surface area contributed by atoms with Gasteiger partial charge in [0.2, 0.25) is 0 Å². The van der Waals surface area contributed by atoms with E-state index in [1.807, 2.05) is 12.4 Å². The second kappa shape index (κ2) is 6.99. The Hall–Kier alpha value is -1.78. The van der Waals surface area contributed by atoms with E-state index in [9.17, 15) is 5.11 Å². The molecule has 3 rings (SSSR count). The lowest BCUT2D eigenvalue weighted by Crippen LogP contribution is -2.44. The van der Waals surface area contributed by atoms with Crippen LogP contribution in [0.2, 0.25) is 0 Å². The van der Waals surface area contributed by atoms with Crippen molar-refractivity contribution in [2.24, 2.45) is 5.92 Å². The fourth-order valence-corrected chi connectivity index (χ4v) is 3.22. The van der Waals surface area contributed by atoms with Crippen LogP contribution in [-0.4, -0.2) is 39.2 Å². The first-order valence-electron chi connectivity index (χ1n) is 7.91. The van der Waals surface area contributed by atoms with Crippen LogP contribution in [0.1, 0.15) is 23.1 Å². The van der Waals surface area contributed by atoms with Gasteiger partial charge in [0.05, 0.1) is 6.10 Å². The molecule has 0 spiro atoms. The molecule has 1 aliphatic rings. The number of hydrogen-bond acceptors (Lipinski definition) is 4. The Kier molecular flexibility index (Phi) is 4.80. The fraction of sp³-hybridized carbons (Fsp3) is 0.444. The van der Waals surface area contributed by atoms with E-state index in [0.29, 0.717) is 5.92 Å². The number of nitrogens with zero attached hydrogens (tertiary/aromatic N) is 3. The van der Waals surface area contributed by atoms with Crippen molar-refractivity contribution in [3.63, 3.8) is 0 Å². The highest BCUT2D eigenvalue weighted by Gasteiger charge is 2.28. The van der Waals surface area contributed by atoms with Crippen molar-refractivity contribution in [2.75, 3.05) is 13.1 Å². The van der Waals surface area contributed by atoms with Crippen molar-refractivity contribution >= 4 is 0 Å². The van der Waals surface area contributed by atoms with E-state index in [-0.39, 0.29) is 6.10 Å². The van der Waals surface area contributed by atoms with E-state index < -0.39 is 0 Å². The number of hydrogen-bond donors (Lipinski definition) is 1. The van der Waals surface area contributed by atoms with Crippen molar-refractivity contribution in [3.8, 4) is 0 Å². The van der Waals surface area contributed by atoms with Crippen LogP contribution in [0.15, 0.2) is 43.0 Å². The smallest absolute Gasteiger partial charge is 0.115 e. The van der Waals surface area contributed by atoms with Gasteiger partial charge in [0.25, 0.3) is 0 Å². The predicted octanol–water partition coefficient (Wildman–Crippen LogP) is 2.21. The Morgan fingerprint density at radius 2 is 2.00 bits per heavy atom. The molecular weight excluding hydrogens is 274 g/mol. The molecule has 2 atom stereocenters. The number of piperidine rings is 1. The quantitative estimate of drug-likeness (QED) is 0.940. The predicted molar refractivity (Wildman–Crippen MR) is 86.3 cm³/mol. The second-order valence-corrected chi connectivity index (χ2v) is 6.23. The van der Waals surface area contributed by atoms with Crippen LogP contribution < -0.4 is 0 Å². The van der Waals surface area contributed by atoms with Crippen molar-refractivity contribution in [2.45, 2.75) is 32.4 Å². The summed E-state index contributed by atoms with van der Waals surface area (Å²) < 4.78 is 0. The molecule has 1 aliphatic heterocycles. The van der Waals surface area contributed by atoms with E-state index in [0.717, 1.165) is 38.0 Å². The minimum absolute atomic E-state index is 0.266. The summed E-state index contributed by atoms with van der Waals surface area (Å²) in [6.07, 6.45) is 6.97. The Morgan fingerprint density at radius 1 is 1.23 bits per heavy atom. The lowest BCUT2D eigenvalue weighted by molar-refractivity contribution is 0.0186. The van der Waals surface area contributed by atoms with Crippen molar-refractivity contribution < 1.29 is 5.11 Å². The molecule has 4 heteroatoms. The molecule has 0 aliphatic carbocycles. The van der Waals surface area contributed by atoms with Crippen LogP contribution in [0.25, 0.3) is 0 Å². The van der Waals surface area contributed by atoms with Gasteiger partial charge < -0.3 is 5.11 Å². The summed E-state index contributed by atoms with van der Waals surface area (Å²) in [7, 11) is 0. The number of benzene rings is 1. The molecule has 22 heavy (non-hydrogen) atoms. The standard InChI is InChI=1S/C18H23N3O/c1-14-4-2-3-5-16(14)8-17-6-7-21(12-18(17)22)11-15-9-19-13-20-10-15/h2-5,9-10,13,17-18,22H,6-8,11-12H2,1H3/t17-,18-/m1/s1. The first-order valence-corrected chi connectivity index (χ1v) is 7.91. The largest absolute Gasteiger partial charge is 0.391 e. The second-order valence-electron chi connectivity index (χ2n) is 6.23. The van der Waals surface area contributed by atoms with E-state index >= 15 is 0 Å². The normalized spacial score (nSPS) is 22.6. The third-order valence-electron chi connectivity index (χ3n) is 4.57. The number of aromatic nitrogens is 2. The summed E-state index contributed by atoms with van der Waals surface area (Å²) in [5.74, 6) is 0.351. The van der Waals surface area contributed by atoms with Crippen molar-refractivity contribution in [3.05, 3.63) is 59.7 Å². The molecule has 2 heterocycles. The molecule has 2 aromatic rings. The van der Waals surface area contributed by atoms with E-state index in [1.165, 1.54) is 11.1 Å². The van der Waals surface area contributed by atoms with Crippen LogP contribution in [0.4, 0.5) is 0 Å². The van der Waals surface area contributed by atoms with Crippen LogP contribution in [0, 0.1) is 12.8 Å². The van der Waals surface area contributed by atoms with E-state index in [4.69, 9.17) is 0 Å². The van der Waals surface area contributed by atoms with Crippen LogP contribution in [0.3, 0.4) is 0 Å². The SMILES string of the molecule is Cc1ccccc1C[C@H]1CCN(Cc2cncnc2)C[C@H]1O. The number of β-amino-alcohol motifs (C(OH)–C–C–N with tert-alkyl or cyclic N) is 1. The minimum atomic E-state index is -0.266. The average Bonchev–Trinajstić information content (AvgIpc) is 2.53. The molecule has 0 bridgehead atoms. The van der Waals surface area contributed by atoms with Crippen LogP contribution >= 0.6 is 0 Å². The molecule has 116 valence electrons. The summed E-state index contributed by atoms with van der Waals surface area (Å²) >= 11 is 0. The number of aliphatic hydroxyl groups is 1. The average molecular weight is 297 g/mol. The number of aliphatic hydroxyl groups excluding tert-OH is 1.